The summed E-state index contributed by atoms with van der Waals surface area (Å²) in [4.78, 5) is 24.6. The Kier molecular flexibility index (Phi) is 5.16. The first-order valence-corrected chi connectivity index (χ1v) is 6.86. The predicted molar refractivity (Wildman–Crippen MR) is 75.3 cm³/mol. The van der Waals surface area contributed by atoms with Crippen molar-refractivity contribution in [2.45, 2.75) is 18.9 Å². The van der Waals surface area contributed by atoms with Crippen molar-refractivity contribution in [3.63, 3.8) is 0 Å². The molecule has 0 saturated carbocycles. The molecule has 1 amide bonds. The number of para-hydroxylation sites is 1. The molecule has 1 aliphatic rings. The predicted octanol–water partition coefficient (Wildman–Crippen LogP) is 0.940. The van der Waals surface area contributed by atoms with E-state index in [-0.39, 0.29) is 19.1 Å². The van der Waals surface area contributed by atoms with E-state index in [2.05, 4.69) is 0 Å². The smallest absolute Gasteiger partial charge is 0.334 e. The second-order valence-corrected chi connectivity index (χ2v) is 4.85. The number of ether oxygens (including phenoxy) is 2. The van der Waals surface area contributed by atoms with Crippen LogP contribution < -0.4 is 4.74 Å². The second kappa shape index (κ2) is 7.08. The summed E-state index contributed by atoms with van der Waals surface area (Å²) < 4.78 is 10.4. The molecule has 0 aromatic heterocycles. The van der Waals surface area contributed by atoms with Crippen molar-refractivity contribution >= 4 is 11.9 Å². The largest absolute Gasteiger partial charge is 0.496 e. The molecule has 1 heterocycles. The number of carboxylic acids is 1. The van der Waals surface area contributed by atoms with Crippen LogP contribution in [0.4, 0.5) is 0 Å². The van der Waals surface area contributed by atoms with Gasteiger partial charge in [0, 0.05) is 13.0 Å². The summed E-state index contributed by atoms with van der Waals surface area (Å²) in [7, 11) is 1.60. The minimum Gasteiger partial charge on any atom is -0.496 e. The number of aryl methyl sites for hydroxylation is 1. The van der Waals surface area contributed by atoms with Gasteiger partial charge in [-0.25, -0.2) is 4.79 Å². The fourth-order valence-electron chi connectivity index (χ4n) is 2.33. The van der Waals surface area contributed by atoms with E-state index in [9.17, 15) is 9.59 Å². The van der Waals surface area contributed by atoms with E-state index in [0.29, 0.717) is 19.4 Å². The molecule has 6 heteroatoms. The highest BCUT2D eigenvalue weighted by atomic mass is 16.5. The summed E-state index contributed by atoms with van der Waals surface area (Å²) in [6, 6.07) is 7.56. The zero-order valence-electron chi connectivity index (χ0n) is 11.9. The van der Waals surface area contributed by atoms with Gasteiger partial charge in [-0.15, -0.1) is 0 Å². The van der Waals surface area contributed by atoms with Crippen LogP contribution in [0.5, 0.6) is 5.75 Å². The number of hydrogen-bond acceptors (Lipinski definition) is 4. The Morgan fingerprint density at radius 1 is 1.43 bits per heavy atom. The molecule has 0 bridgehead atoms. The number of carbonyl (C=O) groups is 2. The first-order valence-electron chi connectivity index (χ1n) is 6.86. The number of amides is 1. The first-order chi connectivity index (χ1) is 10.1. The molecule has 0 radical (unpaired) electrons. The summed E-state index contributed by atoms with van der Waals surface area (Å²) in [6.45, 7) is 0.812. The molecule has 1 aliphatic heterocycles. The topological polar surface area (TPSA) is 76.1 Å². The molecule has 0 aliphatic carbocycles. The Hall–Kier alpha value is -2.08. The van der Waals surface area contributed by atoms with Crippen LogP contribution in [0.15, 0.2) is 24.3 Å². The molecule has 2 rings (SSSR count). The Labute approximate surface area is 123 Å². The average Bonchev–Trinajstić information content (AvgIpc) is 2.52. The lowest BCUT2D eigenvalue weighted by atomic mass is 10.1. The van der Waals surface area contributed by atoms with Gasteiger partial charge >= 0.3 is 5.97 Å². The van der Waals surface area contributed by atoms with Crippen molar-refractivity contribution in [3.05, 3.63) is 29.8 Å². The third kappa shape index (κ3) is 3.95. The molecule has 0 unspecified atom stereocenters. The van der Waals surface area contributed by atoms with E-state index in [1.807, 2.05) is 24.3 Å². The Morgan fingerprint density at radius 2 is 2.19 bits per heavy atom. The fourth-order valence-corrected chi connectivity index (χ4v) is 2.33. The lowest BCUT2D eigenvalue weighted by Gasteiger charge is -2.31. The van der Waals surface area contributed by atoms with Crippen molar-refractivity contribution in [1.82, 2.24) is 4.90 Å². The summed E-state index contributed by atoms with van der Waals surface area (Å²) in [6.07, 6.45) is -0.0288. The van der Waals surface area contributed by atoms with Crippen molar-refractivity contribution in [3.8, 4) is 5.75 Å². The van der Waals surface area contributed by atoms with Crippen LogP contribution in [0.25, 0.3) is 0 Å². The number of carbonyl (C=O) groups excluding carboxylic acids is 1. The maximum atomic E-state index is 12.2. The maximum Gasteiger partial charge on any atom is 0.334 e. The van der Waals surface area contributed by atoms with Gasteiger partial charge in [-0.05, 0) is 18.1 Å². The van der Waals surface area contributed by atoms with Crippen molar-refractivity contribution < 1.29 is 24.2 Å². The standard InChI is InChI=1S/C15H19NO5/c1-20-12-5-3-2-4-11(12)6-7-14(17)16-8-9-21-13(10-16)15(18)19/h2-5,13H,6-10H2,1H3,(H,18,19)/t13-/m0/s1. The fraction of sp³-hybridized carbons (Fsp3) is 0.467. The van der Waals surface area contributed by atoms with Gasteiger partial charge < -0.3 is 19.5 Å². The van der Waals surface area contributed by atoms with Crippen LogP contribution in [-0.2, 0) is 20.7 Å². The van der Waals surface area contributed by atoms with Gasteiger partial charge in [-0.3, -0.25) is 4.79 Å². The molecule has 0 spiro atoms. The first kappa shape index (κ1) is 15.3. The van der Waals surface area contributed by atoms with Crippen LogP contribution in [0, 0.1) is 0 Å². The lowest BCUT2D eigenvalue weighted by Crippen LogP contribution is -2.48. The Bertz CT molecular complexity index is 517. The van der Waals surface area contributed by atoms with Gasteiger partial charge in [0.15, 0.2) is 6.10 Å². The van der Waals surface area contributed by atoms with Crippen LogP contribution >= 0.6 is 0 Å². The third-order valence-corrected chi connectivity index (χ3v) is 3.50. The highest BCUT2D eigenvalue weighted by molar-refractivity contribution is 5.79. The van der Waals surface area contributed by atoms with Crippen LogP contribution in [0.1, 0.15) is 12.0 Å². The van der Waals surface area contributed by atoms with Gasteiger partial charge in [-0.2, -0.15) is 0 Å². The van der Waals surface area contributed by atoms with E-state index in [1.54, 1.807) is 12.0 Å². The van der Waals surface area contributed by atoms with Gasteiger partial charge in [0.1, 0.15) is 5.75 Å². The van der Waals surface area contributed by atoms with Gasteiger partial charge in [-0.1, -0.05) is 18.2 Å². The Morgan fingerprint density at radius 3 is 2.90 bits per heavy atom. The number of benzene rings is 1. The SMILES string of the molecule is COc1ccccc1CCC(=O)N1CCO[C@H](C(=O)O)C1. The van der Waals surface area contributed by atoms with E-state index in [1.165, 1.54) is 0 Å². The normalized spacial score (nSPS) is 18.3. The molecule has 21 heavy (non-hydrogen) atoms. The van der Waals surface area contributed by atoms with E-state index in [4.69, 9.17) is 14.6 Å². The number of nitrogens with zero attached hydrogens (tertiary/aromatic N) is 1. The number of morpholine rings is 1. The van der Waals surface area contributed by atoms with Crippen molar-refractivity contribution in [2.24, 2.45) is 0 Å². The zero-order chi connectivity index (χ0) is 15.2. The van der Waals surface area contributed by atoms with Crippen LogP contribution in [0.2, 0.25) is 0 Å². The van der Waals surface area contributed by atoms with Crippen LogP contribution in [-0.4, -0.2) is 54.8 Å². The summed E-state index contributed by atoms with van der Waals surface area (Å²) in [5, 5.41) is 8.93. The van der Waals surface area contributed by atoms with E-state index >= 15 is 0 Å². The number of methoxy groups -OCH3 is 1. The number of rotatable bonds is 5. The number of aliphatic carboxylic acids is 1. The number of carboxylic acid groups (broad SMARTS) is 1. The molecule has 6 nitrogen and oxygen atoms in total. The number of hydrogen-bond donors (Lipinski definition) is 1. The monoisotopic (exact) mass is 293 g/mol. The van der Waals surface area contributed by atoms with E-state index < -0.39 is 12.1 Å². The molecule has 1 atom stereocenters. The summed E-state index contributed by atoms with van der Waals surface area (Å²) in [5.74, 6) is -0.330. The molecule has 1 aromatic carbocycles. The molecular formula is C15H19NO5. The third-order valence-electron chi connectivity index (χ3n) is 3.50. The molecule has 1 fully saturated rings. The van der Waals surface area contributed by atoms with Gasteiger partial charge in [0.05, 0.1) is 20.3 Å². The Balaban J connectivity index is 1.91. The average molecular weight is 293 g/mol. The quantitative estimate of drug-likeness (QED) is 0.874. The molecule has 1 N–H and O–H groups in total. The molecular weight excluding hydrogens is 274 g/mol. The molecule has 1 aromatic rings. The highest BCUT2D eigenvalue weighted by Gasteiger charge is 2.28. The second-order valence-electron chi connectivity index (χ2n) is 4.85. The zero-order valence-corrected chi connectivity index (χ0v) is 11.9. The van der Waals surface area contributed by atoms with E-state index in [0.717, 1.165) is 11.3 Å². The molecule has 1 saturated heterocycles. The summed E-state index contributed by atoms with van der Waals surface area (Å²) in [5.41, 5.74) is 0.969. The van der Waals surface area contributed by atoms with Gasteiger partial charge in [0.2, 0.25) is 5.91 Å². The molecule has 114 valence electrons. The summed E-state index contributed by atoms with van der Waals surface area (Å²) >= 11 is 0. The maximum absolute atomic E-state index is 12.2. The minimum atomic E-state index is -1.03. The van der Waals surface area contributed by atoms with Crippen molar-refractivity contribution in [1.29, 1.82) is 0 Å². The highest BCUT2D eigenvalue weighted by Crippen LogP contribution is 2.19. The van der Waals surface area contributed by atoms with Crippen molar-refractivity contribution in [2.75, 3.05) is 26.8 Å². The van der Waals surface area contributed by atoms with Gasteiger partial charge in [0.25, 0.3) is 0 Å². The van der Waals surface area contributed by atoms with Crippen LogP contribution in [0.3, 0.4) is 0 Å². The minimum absolute atomic E-state index is 0.0598. The lowest BCUT2D eigenvalue weighted by molar-refractivity contribution is -0.159.